The molecular weight excluding hydrogens is 366 g/mol. The fraction of sp³-hybridized carbons (Fsp3) is 0.158. The molecule has 8 heteroatoms. The Labute approximate surface area is 156 Å². The van der Waals surface area contributed by atoms with Crippen molar-refractivity contribution in [3.63, 3.8) is 0 Å². The molecule has 0 spiro atoms. The Bertz CT molecular complexity index is 1170. The minimum Gasteiger partial charge on any atom is -0.506 e. The Morgan fingerprint density at radius 1 is 1.19 bits per heavy atom. The van der Waals surface area contributed by atoms with Gasteiger partial charge in [-0.25, -0.2) is 13.4 Å². The molecule has 0 aliphatic carbocycles. The summed E-state index contributed by atoms with van der Waals surface area (Å²) in [5, 5.41) is 13.7. The average molecular weight is 383 g/mol. The number of aromatic nitrogens is 1. The molecule has 1 aromatic heterocycles. The summed E-state index contributed by atoms with van der Waals surface area (Å²) < 4.78 is 25.3. The van der Waals surface area contributed by atoms with Gasteiger partial charge in [0.2, 0.25) is 15.9 Å². The predicted molar refractivity (Wildman–Crippen MR) is 103 cm³/mol. The SMILES string of the molecule is CS(=O)(=O)Nc1ccc2c(c1)NC(=O)C[C@@H]2c1ccc2cccc(O)c2n1. The number of carbonyl (C=O) groups excluding carboxylic acids is 1. The lowest BCUT2D eigenvalue weighted by atomic mass is 9.87. The molecule has 0 saturated heterocycles. The average Bonchev–Trinajstić information content (AvgIpc) is 2.59. The number of nitrogens with one attached hydrogen (secondary N) is 2. The van der Waals surface area contributed by atoms with Gasteiger partial charge >= 0.3 is 0 Å². The van der Waals surface area contributed by atoms with Crippen LogP contribution in [0.1, 0.15) is 23.6 Å². The molecule has 0 saturated carbocycles. The fourth-order valence-electron chi connectivity index (χ4n) is 3.35. The van der Waals surface area contributed by atoms with E-state index in [0.717, 1.165) is 17.2 Å². The van der Waals surface area contributed by atoms with Gasteiger partial charge in [0.15, 0.2) is 0 Å². The number of hydrogen-bond acceptors (Lipinski definition) is 5. The van der Waals surface area contributed by atoms with Gasteiger partial charge in [-0.05, 0) is 29.8 Å². The van der Waals surface area contributed by atoms with E-state index in [4.69, 9.17) is 0 Å². The van der Waals surface area contributed by atoms with E-state index in [1.54, 1.807) is 30.3 Å². The smallest absolute Gasteiger partial charge is 0.229 e. The number of pyridine rings is 1. The van der Waals surface area contributed by atoms with Crippen LogP contribution in [-0.2, 0) is 14.8 Å². The zero-order valence-electron chi connectivity index (χ0n) is 14.4. The van der Waals surface area contributed by atoms with E-state index in [2.05, 4.69) is 15.0 Å². The fourth-order valence-corrected chi connectivity index (χ4v) is 3.90. The van der Waals surface area contributed by atoms with Gasteiger partial charge in [0.05, 0.1) is 11.9 Å². The molecule has 4 rings (SSSR count). The highest BCUT2D eigenvalue weighted by Crippen LogP contribution is 2.38. The molecule has 1 amide bonds. The van der Waals surface area contributed by atoms with Crippen molar-refractivity contribution in [2.75, 3.05) is 16.3 Å². The first-order valence-corrected chi connectivity index (χ1v) is 10.2. The lowest BCUT2D eigenvalue weighted by molar-refractivity contribution is -0.116. The van der Waals surface area contributed by atoms with Gasteiger partial charge in [0, 0.05) is 29.1 Å². The van der Waals surface area contributed by atoms with Crippen molar-refractivity contribution >= 4 is 38.2 Å². The summed E-state index contributed by atoms with van der Waals surface area (Å²) in [7, 11) is -3.41. The summed E-state index contributed by atoms with van der Waals surface area (Å²) >= 11 is 0. The predicted octanol–water partition coefficient (Wildman–Crippen LogP) is 2.79. The highest BCUT2D eigenvalue weighted by molar-refractivity contribution is 7.92. The summed E-state index contributed by atoms with van der Waals surface area (Å²) in [6.45, 7) is 0. The Morgan fingerprint density at radius 2 is 2.00 bits per heavy atom. The second kappa shape index (κ2) is 6.24. The van der Waals surface area contributed by atoms with Crippen LogP contribution < -0.4 is 10.0 Å². The molecule has 0 bridgehead atoms. The Balaban J connectivity index is 1.79. The molecule has 0 fully saturated rings. The van der Waals surface area contributed by atoms with Gasteiger partial charge in [0.25, 0.3) is 0 Å². The zero-order valence-corrected chi connectivity index (χ0v) is 15.2. The largest absolute Gasteiger partial charge is 0.506 e. The third-order valence-electron chi connectivity index (χ3n) is 4.47. The van der Waals surface area contributed by atoms with Crippen molar-refractivity contribution in [1.82, 2.24) is 4.98 Å². The van der Waals surface area contributed by atoms with Crippen molar-refractivity contribution in [2.24, 2.45) is 0 Å². The number of sulfonamides is 1. The molecule has 1 atom stereocenters. The van der Waals surface area contributed by atoms with E-state index < -0.39 is 10.0 Å². The number of phenolic OH excluding ortho intramolecular Hbond substituents is 1. The molecule has 2 aromatic carbocycles. The Kier molecular flexibility index (Phi) is 4.00. The summed E-state index contributed by atoms with van der Waals surface area (Å²) in [4.78, 5) is 16.8. The lowest BCUT2D eigenvalue weighted by Crippen LogP contribution is -2.24. The van der Waals surface area contributed by atoms with E-state index in [1.807, 2.05) is 18.2 Å². The van der Waals surface area contributed by atoms with E-state index in [9.17, 15) is 18.3 Å². The molecule has 1 aliphatic heterocycles. The van der Waals surface area contributed by atoms with Gasteiger partial charge in [-0.15, -0.1) is 0 Å². The number of hydrogen-bond donors (Lipinski definition) is 3. The highest BCUT2D eigenvalue weighted by Gasteiger charge is 2.28. The van der Waals surface area contributed by atoms with E-state index in [0.29, 0.717) is 22.6 Å². The third-order valence-corrected chi connectivity index (χ3v) is 5.08. The monoisotopic (exact) mass is 383 g/mol. The molecule has 3 N–H and O–H groups in total. The van der Waals surface area contributed by atoms with E-state index in [1.165, 1.54) is 0 Å². The summed E-state index contributed by atoms with van der Waals surface area (Å²) in [5.74, 6) is -0.379. The normalized spacial score (nSPS) is 16.6. The van der Waals surface area contributed by atoms with Crippen molar-refractivity contribution < 1.29 is 18.3 Å². The first-order valence-electron chi connectivity index (χ1n) is 8.30. The molecule has 0 radical (unpaired) electrons. The summed E-state index contributed by atoms with van der Waals surface area (Å²) in [6, 6.07) is 13.9. The number of phenols is 1. The third kappa shape index (κ3) is 3.43. The molecule has 27 heavy (non-hydrogen) atoms. The molecule has 1 aliphatic rings. The maximum atomic E-state index is 12.2. The van der Waals surface area contributed by atoms with Crippen LogP contribution in [0, 0.1) is 0 Å². The first kappa shape index (κ1) is 17.3. The maximum Gasteiger partial charge on any atom is 0.229 e. The molecule has 138 valence electrons. The summed E-state index contributed by atoms with van der Waals surface area (Å²) in [6.07, 6.45) is 1.29. The van der Waals surface area contributed by atoms with Crippen LogP contribution >= 0.6 is 0 Å². The Morgan fingerprint density at radius 3 is 2.78 bits per heavy atom. The van der Waals surface area contributed by atoms with Crippen LogP contribution in [-0.4, -0.2) is 30.7 Å². The highest BCUT2D eigenvalue weighted by atomic mass is 32.2. The number of aromatic hydroxyl groups is 1. The van der Waals surface area contributed by atoms with Crippen LogP contribution in [0.5, 0.6) is 5.75 Å². The van der Waals surface area contributed by atoms with Gasteiger partial charge in [-0.2, -0.15) is 0 Å². The van der Waals surface area contributed by atoms with Crippen LogP contribution in [0.2, 0.25) is 0 Å². The number of benzene rings is 2. The standard InChI is InChI=1S/C19H17N3O4S/c1-27(25,26)22-12-6-7-13-14(10-18(24)20-16(13)9-12)15-8-5-11-3-2-4-17(23)19(11)21-15/h2-9,14,22-23H,10H2,1H3,(H,20,24)/t14-/m0/s1. The molecule has 0 unspecified atom stereocenters. The van der Waals surface area contributed by atoms with Crippen LogP contribution in [0.4, 0.5) is 11.4 Å². The first-order chi connectivity index (χ1) is 12.8. The molecular formula is C19H17N3O4S. The number of amides is 1. The topological polar surface area (TPSA) is 108 Å². The van der Waals surface area contributed by atoms with Crippen molar-refractivity contribution in [1.29, 1.82) is 0 Å². The number of rotatable bonds is 3. The lowest BCUT2D eigenvalue weighted by Gasteiger charge is -2.26. The zero-order chi connectivity index (χ0) is 19.2. The van der Waals surface area contributed by atoms with Crippen molar-refractivity contribution in [2.45, 2.75) is 12.3 Å². The second-order valence-electron chi connectivity index (χ2n) is 6.57. The quantitative estimate of drug-likeness (QED) is 0.644. The van der Waals surface area contributed by atoms with Crippen LogP contribution in [0.15, 0.2) is 48.5 Å². The number of nitrogens with zero attached hydrogens (tertiary/aromatic N) is 1. The van der Waals surface area contributed by atoms with E-state index in [-0.39, 0.29) is 24.0 Å². The minimum absolute atomic E-state index is 0.0857. The number of carbonyl (C=O) groups is 1. The van der Waals surface area contributed by atoms with E-state index >= 15 is 0 Å². The van der Waals surface area contributed by atoms with Gasteiger partial charge in [-0.3, -0.25) is 9.52 Å². The van der Waals surface area contributed by atoms with Crippen molar-refractivity contribution in [3.05, 3.63) is 59.8 Å². The minimum atomic E-state index is -3.41. The van der Waals surface area contributed by atoms with Gasteiger partial charge in [0.1, 0.15) is 11.3 Å². The van der Waals surface area contributed by atoms with Gasteiger partial charge in [-0.1, -0.05) is 24.3 Å². The van der Waals surface area contributed by atoms with Crippen molar-refractivity contribution in [3.8, 4) is 5.75 Å². The van der Waals surface area contributed by atoms with Crippen LogP contribution in [0.25, 0.3) is 10.9 Å². The number of para-hydroxylation sites is 1. The summed E-state index contributed by atoms with van der Waals surface area (Å²) in [5.41, 5.74) is 2.92. The van der Waals surface area contributed by atoms with Gasteiger partial charge < -0.3 is 10.4 Å². The molecule has 2 heterocycles. The second-order valence-corrected chi connectivity index (χ2v) is 8.31. The number of fused-ring (bicyclic) bond motifs is 2. The van der Waals surface area contributed by atoms with Crippen LogP contribution in [0.3, 0.4) is 0 Å². The Hall–Kier alpha value is -3.13. The molecule has 7 nitrogen and oxygen atoms in total. The molecule has 3 aromatic rings. The maximum absolute atomic E-state index is 12.2. The number of anilines is 2.